The number of aromatic amines is 1. The van der Waals surface area contributed by atoms with Gasteiger partial charge in [0.25, 0.3) is 0 Å². The molecule has 0 radical (unpaired) electrons. The third-order valence-corrected chi connectivity index (χ3v) is 4.83. The topological polar surface area (TPSA) is 84.1 Å². The monoisotopic (exact) mass is 438 g/mol. The highest BCUT2D eigenvalue weighted by molar-refractivity contribution is 6.31. The summed E-state index contributed by atoms with van der Waals surface area (Å²) in [5.74, 6) is -0.804. The van der Waals surface area contributed by atoms with Gasteiger partial charge in [-0.2, -0.15) is 13.2 Å². The molecule has 4 aromatic rings. The Morgan fingerprint density at radius 2 is 2.03 bits per heavy atom. The van der Waals surface area contributed by atoms with E-state index in [4.69, 9.17) is 16.0 Å². The van der Waals surface area contributed by atoms with E-state index >= 15 is 0 Å². The molecule has 4 rings (SSSR count). The average molecular weight is 439 g/mol. The summed E-state index contributed by atoms with van der Waals surface area (Å²) in [6, 6.07) is 7.80. The molecule has 2 aromatic carbocycles. The molecule has 0 aliphatic heterocycles. The Morgan fingerprint density at radius 3 is 2.77 bits per heavy atom. The Bertz CT molecular complexity index is 1320. The summed E-state index contributed by atoms with van der Waals surface area (Å²) in [6.45, 7) is -0.277. The van der Waals surface area contributed by atoms with E-state index in [1.54, 1.807) is 6.07 Å². The fourth-order valence-electron chi connectivity index (χ4n) is 3.07. The first-order chi connectivity index (χ1) is 14.1. The molecule has 0 aliphatic carbocycles. The highest BCUT2D eigenvalue weighted by Crippen LogP contribution is 2.31. The average Bonchev–Trinajstić information content (AvgIpc) is 3.20. The lowest BCUT2D eigenvalue weighted by Crippen LogP contribution is -2.32. The zero-order chi connectivity index (χ0) is 21.6. The molecule has 0 fully saturated rings. The van der Waals surface area contributed by atoms with Crippen molar-refractivity contribution in [3.63, 3.8) is 0 Å². The van der Waals surface area contributed by atoms with Crippen LogP contribution in [0.4, 0.5) is 13.2 Å². The van der Waals surface area contributed by atoms with Crippen LogP contribution in [0.5, 0.6) is 0 Å². The molecule has 0 aliphatic rings. The van der Waals surface area contributed by atoms with E-state index < -0.39 is 23.4 Å². The standard InChI is InChI=1S/C19H14ClF3N4O3/c1-26(8-16-24-12-4-2-10(19(21,22)23)6-13(12)25-16)17(28)9-27-14-7-11(20)3-5-15(14)30-18(27)29/h2-7H,8-9H2,1H3,(H,24,25). The summed E-state index contributed by atoms with van der Waals surface area (Å²) in [4.78, 5) is 33.0. The van der Waals surface area contributed by atoms with Gasteiger partial charge in [-0.25, -0.2) is 9.78 Å². The highest BCUT2D eigenvalue weighted by atomic mass is 35.5. The zero-order valence-electron chi connectivity index (χ0n) is 15.5. The largest absolute Gasteiger partial charge is 0.420 e. The number of aromatic nitrogens is 3. The molecule has 0 bridgehead atoms. The smallest absolute Gasteiger partial charge is 0.408 e. The first-order valence-electron chi connectivity index (χ1n) is 8.70. The minimum atomic E-state index is -4.46. The van der Waals surface area contributed by atoms with Gasteiger partial charge in [-0.15, -0.1) is 0 Å². The number of nitrogens with zero attached hydrogens (tertiary/aromatic N) is 3. The van der Waals surface area contributed by atoms with Crippen LogP contribution in [0.2, 0.25) is 5.02 Å². The summed E-state index contributed by atoms with van der Waals surface area (Å²) in [5.41, 5.74) is 0.465. The van der Waals surface area contributed by atoms with E-state index in [9.17, 15) is 22.8 Å². The number of hydrogen-bond donors (Lipinski definition) is 1. The molecule has 11 heteroatoms. The molecule has 1 amide bonds. The molecule has 0 unspecified atom stereocenters. The Hall–Kier alpha value is -3.27. The zero-order valence-corrected chi connectivity index (χ0v) is 16.2. The van der Waals surface area contributed by atoms with E-state index in [0.717, 1.165) is 16.7 Å². The van der Waals surface area contributed by atoms with Crippen molar-refractivity contribution in [1.29, 1.82) is 0 Å². The molecule has 30 heavy (non-hydrogen) atoms. The third kappa shape index (κ3) is 3.78. The van der Waals surface area contributed by atoms with Gasteiger partial charge in [0.15, 0.2) is 5.58 Å². The molecule has 0 spiro atoms. The molecule has 0 saturated heterocycles. The van der Waals surface area contributed by atoms with Crippen LogP contribution in [-0.2, 0) is 24.1 Å². The van der Waals surface area contributed by atoms with Crippen LogP contribution < -0.4 is 5.76 Å². The minimum Gasteiger partial charge on any atom is -0.408 e. The maximum absolute atomic E-state index is 12.9. The van der Waals surface area contributed by atoms with Crippen LogP contribution >= 0.6 is 11.6 Å². The van der Waals surface area contributed by atoms with Gasteiger partial charge in [0.2, 0.25) is 5.91 Å². The molecular formula is C19H14ClF3N4O3. The molecule has 2 aromatic heterocycles. The van der Waals surface area contributed by atoms with Crippen molar-refractivity contribution in [2.45, 2.75) is 19.3 Å². The fourth-order valence-corrected chi connectivity index (χ4v) is 3.23. The number of fused-ring (bicyclic) bond motifs is 2. The fraction of sp³-hybridized carbons (Fsp3) is 0.211. The number of H-pyrrole nitrogens is 1. The second-order valence-corrected chi connectivity index (χ2v) is 7.17. The highest BCUT2D eigenvalue weighted by Gasteiger charge is 2.30. The first kappa shape index (κ1) is 20.0. The van der Waals surface area contributed by atoms with Crippen LogP contribution in [0.3, 0.4) is 0 Å². The number of likely N-dealkylation sites (N-methyl/N-ethyl adjacent to an activating group) is 1. The predicted octanol–water partition coefficient (Wildman–Crippen LogP) is 3.80. The van der Waals surface area contributed by atoms with Crippen molar-refractivity contribution < 1.29 is 22.4 Å². The minimum absolute atomic E-state index is 0.0140. The number of carbonyl (C=O) groups excluding carboxylic acids is 1. The molecule has 0 saturated carbocycles. The first-order valence-corrected chi connectivity index (χ1v) is 9.08. The number of alkyl halides is 3. The van der Waals surface area contributed by atoms with Gasteiger partial charge in [-0.05, 0) is 36.4 Å². The normalized spacial score (nSPS) is 12.0. The van der Waals surface area contributed by atoms with Gasteiger partial charge in [0.05, 0.1) is 28.7 Å². The summed E-state index contributed by atoms with van der Waals surface area (Å²) in [5, 5.41) is 0.387. The van der Waals surface area contributed by atoms with Crippen LogP contribution in [0.1, 0.15) is 11.4 Å². The van der Waals surface area contributed by atoms with Gasteiger partial charge in [0.1, 0.15) is 12.4 Å². The second kappa shape index (κ2) is 7.21. The molecule has 1 N–H and O–H groups in total. The lowest BCUT2D eigenvalue weighted by atomic mass is 10.2. The van der Waals surface area contributed by atoms with Crippen LogP contribution in [0.15, 0.2) is 45.6 Å². The maximum Gasteiger partial charge on any atom is 0.420 e. The number of hydrogen-bond acceptors (Lipinski definition) is 4. The number of oxazole rings is 1. The van der Waals surface area contributed by atoms with Crippen molar-refractivity contribution in [1.82, 2.24) is 19.4 Å². The summed E-state index contributed by atoms with van der Waals surface area (Å²) in [6.07, 6.45) is -4.46. The summed E-state index contributed by atoms with van der Waals surface area (Å²) >= 11 is 5.95. The number of nitrogens with one attached hydrogen (secondary N) is 1. The maximum atomic E-state index is 12.9. The number of rotatable bonds is 4. The summed E-state index contributed by atoms with van der Waals surface area (Å²) in [7, 11) is 1.50. The lowest BCUT2D eigenvalue weighted by molar-refractivity contribution is -0.137. The third-order valence-electron chi connectivity index (χ3n) is 4.59. The number of halogens is 4. The number of imidazole rings is 1. The Kier molecular flexibility index (Phi) is 4.81. The van der Waals surface area contributed by atoms with Crippen molar-refractivity contribution in [2.75, 3.05) is 7.05 Å². The van der Waals surface area contributed by atoms with Crippen LogP contribution in [0.25, 0.3) is 22.1 Å². The van der Waals surface area contributed by atoms with Crippen molar-refractivity contribution >= 4 is 39.6 Å². The quantitative estimate of drug-likeness (QED) is 0.525. The molecule has 156 valence electrons. The molecular weight excluding hydrogens is 425 g/mol. The van der Waals surface area contributed by atoms with Gasteiger partial charge >= 0.3 is 11.9 Å². The molecule has 0 atom stereocenters. The van der Waals surface area contributed by atoms with Gasteiger partial charge < -0.3 is 14.3 Å². The van der Waals surface area contributed by atoms with Gasteiger partial charge in [0, 0.05) is 12.1 Å². The Morgan fingerprint density at radius 1 is 1.27 bits per heavy atom. The Labute approximate surface area is 171 Å². The van der Waals surface area contributed by atoms with Crippen LogP contribution in [-0.4, -0.2) is 32.4 Å². The SMILES string of the molecule is CN(Cc1nc2ccc(C(F)(F)F)cc2[nH]1)C(=O)Cn1c(=O)oc2ccc(Cl)cc21. The van der Waals surface area contributed by atoms with Crippen molar-refractivity contribution in [2.24, 2.45) is 0 Å². The second-order valence-electron chi connectivity index (χ2n) is 6.73. The predicted molar refractivity (Wildman–Crippen MR) is 103 cm³/mol. The van der Waals surface area contributed by atoms with E-state index in [-0.39, 0.29) is 18.6 Å². The van der Waals surface area contributed by atoms with Gasteiger partial charge in [-0.3, -0.25) is 9.36 Å². The molecule has 7 nitrogen and oxygen atoms in total. The number of carbonyl (C=O) groups is 1. The Balaban J connectivity index is 1.53. The summed E-state index contributed by atoms with van der Waals surface area (Å²) < 4.78 is 44.8. The van der Waals surface area contributed by atoms with E-state index in [1.165, 1.54) is 30.1 Å². The van der Waals surface area contributed by atoms with Crippen molar-refractivity contribution in [3.05, 3.63) is 63.4 Å². The van der Waals surface area contributed by atoms with E-state index in [1.807, 2.05) is 0 Å². The van der Waals surface area contributed by atoms with Crippen molar-refractivity contribution in [3.8, 4) is 0 Å². The van der Waals surface area contributed by atoms with E-state index in [0.29, 0.717) is 27.5 Å². The number of benzene rings is 2. The number of amides is 1. The van der Waals surface area contributed by atoms with E-state index in [2.05, 4.69) is 9.97 Å². The molecule has 2 heterocycles. The lowest BCUT2D eigenvalue weighted by Gasteiger charge is -2.15. The van der Waals surface area contributed by atoms with Crippen LogP contribution in [0, 0.1) is 0 Å². The van der Waals surface area contributed by atoms with Gasteiger partial charge in [-0.1, -0.05) is 11.6 Å².